The van der Waals surface area contributed by atoms with E-state index in [2.05, 4.69) is 0 Å². The fourth-order valence-corrected chi connectivity index (χ4v) is 5.42. The number of carbonyl (C=O) groups excluding carboxylic acids is 4. The Morgan fingerprint density at radius 3 is 2.09 bits per heavy atom. The molecule has 0 amide bonds. The van der Waals surface area contributed by atoms with Gasteiger partial charge in [0, 0.05) is 45.4 Å². The highest BCUT2D eigenvalue weighted by molar-refractivity contribution is 6.31. The van der Waals surface area contributed by atoms with E-state index in [9.17, 15) is 19.2 Å². The van der Waals surface area contributed by atoms with Gasteiger partial charge in [-0.15, -0.1) is 0 Å². The summed E-state index contributed by atoms with van der Waals surface area (Å²) in [4.78, 5) is 48.6. The summed E-state index contributed by atoms with van der Waals surface area (Å²) in [5.74, 6) is -4.08. The van der Waals surface area contributed by atoms with Crippen molar-refractivity contribution in [3.63, 3.8) is 0 Å². The van der Waals surface area contributed by atoms with Gasteiger partial charge < -0.3 is 37.9 Å². The number of rotatable bonds is 14. The van der Waals surface area contributed by atoms with Crippen LogP contribution in [0.15, 0.2) is 42.5 Å². The molecular weight excluding hydrogens is 624 g/mol. The van der Waals surface area contributed by atoms with Crippen molar-refractivity contribution in [2.24, 2.45) is 0 Å². The standard InChI is InChI=1S/C33H39ClO12/c1-19(35)42-18-29-30(43-20(2)36)31(44-21(3)37)32(45-22(4)38)33(39-5,46-29)25-8-13-28(34)24(17-25)16-23-6-9-26(10-7-23)40-14-15-41-27-11-12-27/h6-10,13,17,27,29-32H,11-12,14-16,18H2,1-5H3/t29-,30-,31+,32-,33+/m1/s1. The zero-order chi connectivity index (χ0) is 33.4. The second kappa shape index (κ2) is 15.7. The summed E-state index contributed by atoms with van der Waals surface area (Å²) in [7, 11) is 1.32. The molecule has 2 aliphatic rings. The maximum Gasteiger partial charge on any atom is 0.303 e. The van der Waals surface area contributed by atoms with E-state index in [1.54, 1.807) is 18.2 Å². The second-order valence-corrected chi connectivity index (χ2v) is 11.5. The summed E-state index contributed by atoms with van der Waals surface area (Å²) in [5.41, 5.74) is 1.95. The van der Waals surface area contributed by atoms with Crippen molar-refractivity contribution in [3.8, 4) is 5.75 Å². The van der Waals surface area contributed by atoms with E-state index in [0.29, 0.717) is 47.6 Å². The molecule has 1 aliphatic heterocycles. The summed E-state index contributed by atoms with van der Waals surface area (Å²) < 4.78 is 45.8. The van der Waals surface area contributed by atoms with Crippen LogP contribution in [0, 0.1) is 0 Å². The van der Waals surface area contributed by atoms with Crippen molar-refractivity contribution < 1.29 is 57.1 Å². The van der Waals surface area contributed by atoms with Crippen LogP contribution in [0.4, 0.5) is 0 Å². The molecule has 2 aromatic rings. The lowest BCUT2D eigenvalue weighted by atomic mass is 9.86. The van der Waals surface area contributed by atoms with Crippen molar-refractivity contribution in [1.82, 2.24) is 0 Å². The predicted octanol–water partition coefficient (Wildman–Crippen LogP) is 4.04. The van der Waals surface area contributed by atoms with Crippen molar-refractivity contribution in [2.45, 2.75) is 83.3 Å². The van der Waals surface area contributed by atoms with Gasteiger partial charge in [0.1, 0.15) is 25.1 Å². The van der Waals surface area contributed by atoms with E-state index < -0.39 is 60.7 Å². The molecule has 5 atom stereocenters. The number of esters is 4. The van der Waals surface area contributed by atoms with Crippen molar-refractivity contribution in [1.29, 1.82) is 0 Å². The first-order valence-electron chi connectivity index (χ1n) is 14.9. The monoisotopic (exact) mass is 662 g/mol. The van der Waals surface area contributed by atoms with Crippen molar-refractivity contribution >= 4 is 35.5 Å². The molecule has 1 saturated heterocycles. The summed E-state index contributed by atoms with van der Waals surface area (Å²) in [6.45, 7) is 5.26. The number of carbonyl (C=O) groups is 4. The average Bonchev–Trinajstić information content (AvgIpc) is 3.82. The Hall–Kier alpha value is -3.71. The van der Waals surface area contributed by atoms with Gasteiger partial charge in [-0.1, -0.05) is 29.8 Å². The van der Waals surface area contributed by atoms with Gasteiger partial charge in [0.15, 0.2) is 12.2 Å². The fraction of sp³-hybridized carbons (Fsp3) is 0.515. The van der Waals surface area contributed by atoms with Gasteiger partial charge in [-0.25, -0.2) is 0 Å². The maximum atomic E-state index is 12.4. The molecular formula is C33H39ClO12. The van der Waals surface area contributed by atoms with Crippen LogP contribution in [0.5, 0.6) is 5.75 Å². The number of ether oxygens (including phenoxy) is 8. The normalized spacial score (nSPS) is 24.0. The van der Waals surface area contributed by atoms with Crippen LogP contribution in [0.2, 0.25) is 5.02 Å². The van der Waals surface area contributed by atoms with Gasteiger partial charge in [-0.3, -0.25) is 19.2 Å². The lowest BCUT2D eigenvalue weighted by Gasteiger charge is -2.50. The third-order valence-electron chi connectivity index (χ3n) is 7.34. The molecule has 1 heterocycles. The Morgan fingerprint density at radius 1 is 0.848 bits per heavy atom. The minimum absolute atomic E-state index is 0.350. The third kappa shape index (κ3) is 9.18. The largest absolute Gasteiger partial charge is 0.491 e. The highest BCUT2D eigenvalue weighted by atomic mass is 35.5. The van der Waals surface area contributed by atoms with Crippen molar-refractivity contribution in [3.05, 3.63) is 64.2 Å². The quantitative estimate of drug-likeness (QED) is 0.164. The van der Waals surface area contributed by atoms with E-state index in [4.69, 9.17) is 49.5 Å². The Morgan fingerprint density at radius 2 is 1.50 bits per heavy atom. The molecule has 4 rings (SSSR count). The van der Waals surface area contributed by atoms with Crippen LogP contribution >= 0.6 is 11.6 Å². The van der Waals surface area contributed by atoms with E-state index in [1.165, 1.54) is 14.0 Å². The van der Waals surface area contributed by atoms with Crippen LogP contribution in [-0.2, 0) is 64.5 Å². The molecule has 1 saturated carbocycles. The molecule has 250 valence electrons. The topological polar surface area (TPSA) is 142 Å². The molecule has 0 N–H and O–H groups in total. The molecule has 1 aliphatic carbocycles. The predicted molar refractivity (Wildman–Crippen MR) is 162 cm³/mol. The number of methoxy groups -OCH3 is 1. The van der Waals surface area contributed by atoms with E-state index in [1.807, 2.05) is 24.3 Å². The molecule has 2 aromatic carbocycles. The molecule has 0 unspecified atom stereocenters. The molecule has 0 radical (unpaired) electrons. The zero-order valence-electron chi connectivity index (χ0n) is 26.4. The summed E-state index contributed by atoms with van der Waals surface area (Å²) >= 11 is 6.64. The third-order valence-corrected chi connectivity index (χ3v) is 7.71. The smallest absolute Gasteiger partial charge is 0.303 e. The van der Waals surface area contributed by atoms with E-state index >= 15 is 0 Å². The van der Waals surface area contributed by atoms with Gasteiger partial charge in [0.25, 0.3) is 0 Å². The molecule has 12 nitrogen and oxygen atoms in total. The highest BCUT2D eigenvalue weighted by Crippen LogP contribution is 2.44. The first kappa shape index (κ1) is 35.1. The highest BCUT2D eigenvalue weighted by Gasteiger charge is 2.61. The second-order valence-electron chi connectivity index (χ2n) is 11.1. The van der Waals surface area contributed by atoms with Gasteiger partial charge in [0.2, 0.25) is 11.9 Å². The first-order chi connectivity index (χ1) is 21.9. The van der Waals surface area contributed by atoms with Crippen LogP contribution in [0.25, 0.3) is 0 Å². The molecule has 13 heteroatoms. The summed E-state index contributed by atoms with van der Waals surface area (Å²) in [6.07, 6.45) is -2.43. The van der Waals surface area contributed by atoms with Crippen LogP contribution in [-0.4, -0.2) is 81.3 Å². The minimum atomic E-state index is -1.92. The van der Waals surface area contributed by atoms with E-state index in [0.717, 1.165) is 39.2 Å². The Labute approximate surface area is 272 Å². The maximum absolute atomic E-state index is 12.4. The van der Waals surface area contributed by atoms with Crippen molar-refractivity contribution in [2.75, 3.05) is 26.9 Å². The average molecular weight is 663 g/mol. The molecule has 0 aromatic heterocycles. The van der Waals surface area contributed by atoms with E-state index in [-0.39, 0.29) is 0 Å². The Bertz CT molecular complexity index is 1390. The SMILES string of the molecule is CO[C@@]1(c2ccc(Cl)c(Cc3ccc(OCCOC4CC4)cc3)c2)O[C@H](COC(C)=O)[C@@H](OC(C)=O)[C@H](OC(C)=O)[C@H]1OC(C)=O. The molecule has 2 fully saturated rings. The Kier molecular flexibility index (Phi) is 12.0. The molecule has 0 bridgehead atoms. The first-order valence-corrected chi connectivity index (χ1v) is 15.3. The Balaban J connectivity index is 1.68. The molecule has 46 heavy (non-hydrogen) atoms. The van der Waals surface area contributed by atoms with Crippen LogP contribution < -0.4 is 4.74 Å². The number of hydrogen-bond acceptors (Lipinski definition) is 12. The van der Waals surface area contributed by atoms with Gasteiger partial charge >= 0.3 is 23.9 Å². The summed E-state index contributed by atoms with van der Waals surface area (Å²) in [6, 6.07) is 12.5. The molecule has 0 spiro atoms. The number of hydrogen-bond donors (Lipinski definition) is 0. The van der Waals surface area contributed by atoms with Gasteiger partial charge in [-0.05, 0) is 54.7 Å². The van der Waals surface area contributed by atoms with Crippen LogP contribution in [0.1, 0.15) is 57.2 Å². The van der Waals surface area contributed by atoms with Crippen LogP contribution in [0.3, 0.4) is 0 Å². The fourth-order valence-electron chi connectivity index (χ4n) is 5.24. The lowest BCUT2D eigenvalue weighted by Crippen LogP contribution is -2.67. The number of halogens is 1. The number of benzene rings is 2. The van der Waals surface area contributed by atoms with Gasteiger partial charge in [0.05, 0.1) is 12.7 Å². The zero-order valence-corrected chi connectivity index (χ0v) is 27.2. The van der Waals surface area contributed by atoms with Gasteiger partial charge in [-0.2, -0.15) is 0 Å². The minimum Gasteiger partial charge on any atom is -0.491 e. The lowest BCUT2D eigenvalue weighted by molar-refractivity contribution is -0.367. The summed E-state index contributed by atoms with van der Waals surface area (Å²) in [5, 5.41) is 0.443.